The Bertz CT molecular complexity index is 1010. The highest BCUT2D eigenvalue weighted by molar-refractivity contribution is 5.94. The van der Waals surface area contributed by atoms with Gasteiger partial charge in [0.05, 0.1) is 13.2 Å². The zero-order valence-corrected chi connectivity index (χ0v) is 25.3. The lowest BCUT2D eigenvalue weighted by atomic mass is 10.2. The van der Waals surface area contributed by atoms with Crippen LogP contribution in [0.5, 0.6) is 17.2 Å². The summed E-state index contributed by atoms with van der Waals surface area (Å²) in [6.45, 7) is 9.95. The highest BCUT2D eigenvalue weighted by Crippen LogP contribution is 2.32. The quantitative estimate of drug-likeness (QED) is 0.122. The third kappa shape index (κ3) is 12.4. The predicted molar refractivity (Wildman–Crippen MR) is 159 cm³/mol. The standard InChI is InChI=1S/C33H51N2O5/c1-5-8-10-12-16-23-38-31-20-19-30(25-32(31)39-24-17-13-11-9-6-2)40-27-33(37)35(28(4)36)26-29-18-14-15-22-34(29)21-7-3/h14-15,18-20,22,25H,5-13,16-17,21,23-24,26-27H2,1-4H3/q+1. The lowest BCUT2D eigenvalue weighted by Gasteiger charge is -2.19. The van der Waals surface area contributed by atoms with E-state index in [1.807, 2.05) is 30.5 Å². The van der Waals surface area contributed by atoms with Crippen LogP contribution >= 0.6 is 0 Å². The molecule has 0 fully saturated rings. The zero-order valence-electron chi connectivity index (χ0n) is 25.3. The second-order valence-corrected chi connectivity index (χ2v) is 10.3. The van der Waals surface area contributed by atoms with Gasteiger partial charge < -0.3 is 14.2 Å². The number of hydrogen-bond acceptors (Lipinski definition) is 5. The molecule has 222 valence electrons. The van der Waals surface area contributed by atoms with Crippen LogP contribution in [-0.4, -0.2) is 36.5 Å². The van der Waals surface area contributed by atoms with Crippen LogP contribution in [0.4, 0.5) is 0 Å². The molecule has 1 aromatic heterocycles. The maximum absolute atomic E-state index is 13.0. The SMILES string of the molecule is CCCCCCCOc1ccc(OCC(=O)N(Cc2cccc[n+]2CCC)C(C)=O)cc1OCCCCCCC. The Labute approximate surface area is 241 Å². The van der Waals surface area contributed by atoms with Gasteiger partial charge in [-0.3, -0.25) is 14.5 Å². The molecule has 0 radical (unpaired) electrons. The first-order valence-electron chi connectivity index (χ1n) is 15.3. The summed E-state index contributed by atoms with van der Waals surface area (Å²) in [5.41, 5.74) is 0.902. The van der Waals surface area contributed by atoms with E-state index in [9.17, 15) is 9.59 Å². The smallest absolute Gasteiger partial charge is 0.267 e. The molecule has 0 saturated heterocycles. The number of benzene rings is 1. The number of carbonyl (C=O) groups is 2. The van der Waals surface area contributed by atoms with Crippen LogP contribution in [-0.2, 0) is 22.7 Å². The minimum atomic E-state index is -0.384. The third-order valence-electron chi connectivity index (χ3n) is 6.79. The van der Waals surface area contributed by atoms with Gasteiger partial charge >= 0.3 is 0 Å². The number of imide groups is 1. The number of aryl methyl sites for hydroxylation is 1. The molecular formula is C33H51N2O5+. The fraction of sp³-hybridized carbons (Fsp3) is 0.606. The monoisotopic (exact) mass is 555 g/mol. The molecule has 0 aliphatic rings. The summed E-state index contributed by atoms with van der Waals surface area (Å²) in [5.74, 6) is 1.13. The summed E-state index contributed by atoms with van der Waals surface area (Å²) in [5, 5.41) is 0. The summed E-state index contributed by atoms with van der Waals surface area (Å²) < 4.78 is 20.1. The second kappa shape index (κ2) is 19.9. The fourth-order valence-electron chi connectivity index (χ4n) is 4.46. The third-order valence-corrected chi connectivity index (χ3v) is 6.79. The largest absolute Gasteiger partial charge is 0.490 e. The maximum Gasteiger partial charge on any atom is 0.267 e. The van der Waals surface area contributed by atoms with E-state index in [2.05, 4.69) is 25.3 Å². The van der Waals surface area contributed by atoms with Crippen molar-refractivity contribution in [1.29, 1.82) is 0 Å². The molecule has 7 nitrogen and oxygen atoms in total. The minimum Gasteiger partial charge on any atom is -0.490 e. The van der Waals surface area contributed by atoms with Crippen molar-refractivity contribution in [3.05, 3.63) is 48.3 Å². The number of amides is 2. The van der Waals surface area contributed by atoms with Crippen LogP contribution in [0, 0.1) is 0 Å². The molecule has 7 heteroatoms. The maximum atomic E-state index is 13.0. The van der Waals surface area contributed by atoms with Gasteiger partial charge in [-0.25, -0.2) is 4.57 Å². The van der Waals surface area contributed by atoms with Gasteiger partial charge in [-0.2, -0.15) is 0 Å². The van der Waals surface area contributed by atoms with E-state index in [-0.39, 0.29) is 25.0 Å². The van der Waals surface area contributed by atoms with Gasteiger partial charge in [-0.15, -0.1) is 0 Å². The van der Waals surface area contributed by atoms with Gasteiger partial charge in [0.15, 0.2) is 24.3 Å². The second-order valence-electron chi connectivity index (χ2n) is 10.3. The van der Waals surface area contributed by atoms with Gasteiger partial charge in [-0.1, -0.05) is 78.2 Å². The van der Waals surface area contributed by atoms with E-state index < -0.39 is 0 Å². The molecule has 0 N–H and O–H groups in total. The topological polar surface area (TPSA) is 69.0 Å². The first-order valence-corrected chi connectivity index (χ1v) is 15.3. The van der Waals surface area contributed by atoms with Crippen LogP contribution in [0.25, 0.3) is 0 Å². The lowest BCUT2D eigenvalue weighted by Crippen LogP contribution is -2.44. The van der Waals surface area contributed by atoms with Crippen molar-refractivity contribution in [3.8, 4) is 17.2 Å². The summed E-state index contributed by atoms with van der Waals surface area (Å²) in [4.78, 5) is 26.7. The number of carbonyl (C=O) groups excluding carboxylic acids is 2. The Kier molecular flexibility index (Phi) is 16.5. The first kappa shape index (κ1) is 33.1. The molecule has 40 heavy (non-hydrogen) atoms. The normalized spacial score (nSPS) is 10.8. The van der Waals surface area contributed by atoms with Crippen LogP contribution < -0.4 is 18.8 Å². The number of rotatable bonds is 21. The number of aromatic nitrogens is 1. The van der Waals surface area contributed by atoms with Crippen molar-refractivity contribution < 1.29 is 28.4 Å². The molecule has 0 aliphatic carbocycles. The summed E-state index contributed by atoms with van der Waals surface area (Å²) >= 11 is 0. The van der Waals surface area contributed by atoms with Crippen molar-refractivity contribution in [2.24, 2.45) is 0 Å². The fourth-order valence-corrected chi connectivity index (χ4v) is 4.46. The van der Waals surface area contributed by atoms with Crippen LogP contribution in [0.15, 0.2) is 42.6 Å². The molecular weight excluding hydrogens is 504 g/mol. The van der Waals surface area contributed by atoms with E-state index in [1.165, 1.54) is 50.3 Å². The van der Waals surface area contributed by atoms with Gasteiger partial charge in [-0.05, 0) is 25.0 Å². The van der Waals surface area contributed by atoms with Crippen LogP contribution in [0.2, 0.25) is 0 Å². The summed E-state index contributed by atoms with van der Waals surface area (Å²) in [7, 11) is 0. The highest BCUT2D eigenvalue weighted by atomic mass is 16.5. The number of nitrogens with zero attached hydrogens (tertiary/aromatic N) is 2. The van der Waals surface area contributed by atoms with E-state index in [4.69, 9.17) is 14.2 Å². The molecule has 0 unspecified atom stereocenters. The van der Waals surface area contributed by atoms with Gasteiger partial charge in [0.1, 0.15) is 18.8 Å². The lowest BCUT2D eigenvalue weighted by molar-refractivity contribution is -0.704. The molecule has 0 aliphatic heterocycles. The molecule has 0 spiro atoms. The number of unbranched alkanes of at least 4 members (excludes halogenated alkanes) is 8. The molecule has 0 atom stereocenters. The van der Waals surface area contributed by atoms with Crippen LogP contribution in [0.3, 0.4) is 0 Å². The number of ether oxygens (including phenoxy) is 3. The van der Waals surface area contributed by atoms with E-state index in [1.54, 1.807) is 12.1 Å². The average molecular weight is 556 g/mol. The number of hydrogen-bond donors (Lipinski definition) is 0. The Morgan fingerprint density at radius 3 is 2.02 bits per heavy atom. The molecule has 0 bridgehead atoms. The molecule has 2 amide bonds. The van der Waals surface area contributed by atoms with E-state index in [0.29, 0.717) is 30.5 Å². The van der Waals surface area contributed by atoms with E-state index >= 15 is 0 Å². The van der Waals surface area contributed by atoms with Gasteiger partial charge in [0.2, 0.25) is 11.6 Å². The van der Waals surface area contributed by atoms with Gasteiger partial charge in [0, 0.05) is 31.5 Å². The average Bonchev–Trinajstić information content (AvgIpc) is 2.95. The van der Waals surface area contributed by atoms with Crippen molar-refractivity contribution in [3.63, 3.8) is 0 Å². The first-order chi connectivity index (χ1) is 19.5. The van der Waals surface area contributed by atoms with Crippen molar-refractivity contribution >= 4 is 11.8 Å². The van der Waals surface area contributed by atoms with Crippen LogP contribution in [0.1, 0.15) is 104 Å². The van der Waals surface area contributed by atoms with Crippen molar-refractivity contribution in [1.82, 2.24) is 4.90 Å². The van der Waals surface area contributed by atoms with E-state index in [0.717, 1.165) is 44.3 Å². The van der Waals surface area contributed by atoms with Gasteiger partial charge in [0.25, 0.3) is 5.91 Å². The molecule has 1 aromatic carbocycles. The summed E-state index contributed by atoms with van der Waals surface area (Å²) in [6.07, 6.45) is 14.5. The highest BCUT2D eigenvalue weighted by Gasteiger charge is 2.23. The molecule has 2 aromatic rings. The van der Waals surface area contributed by atoms with Crippen molar-refractivity contribution in [2.45, 2.75) is 111 Å². The molecule has 1 heterocycles. The number of pyridine rings is 1. The Hall–Kier alpha value is -3.09. The summed E-state index contributed by atoms with van der Waals surface area (Å²) in [6, 6.07) is 11.2. The predicted octanol–water partition coefficient (Wildman–Crippen LogP) is 7.04. The Balaban J connectivity index is 2.02. The Morgan fingerprint density at radius 2 is 1.40 bits per heavy atom. The molecule has 2 rings (SSSR count). The molecule has 0 saturated carbocycles. The zero-order chi connectivity index (χ0) is 29.0. The minimum absolute atomic E-state index is 0.204. The van der Waals surface area contributed by atoms with Crippen molar-refractivity contribution in [2.75, 3.05) is 19.8 Å². The Morgan fingerprint density at radius 1 is 0.750 bits per heavy atom.